The Hall–Kier alpha value is 0.623. The van der Waals surface area contributed by atoms with Crippen LogP contribution in [0.1, 0.15) is 32.6 Å². The Morgan fingerprint density at radius 3 is 1.62 bits per heavy atom. The summed E-state index contributed by atoms with van der Waals surface area (Å²) in [5.74, 6) is 0. The summed E-state index contributed by atoms with van der Waals surface area (Å²) in [4.78, 5) is 0. The second-order valence-electron chi connectivity index (χ2n) is 1.57. The van der Waals surface area contributed by atoms with Gasteiger partial charge in [-0.25, -0.2) is 0 Å². The topological polar surface area (TPSA) is 0 Å². The van der Waals surface area contributed by atoms with Crippen molar-refractivity contribution in [2.24, 2.45) is 0 Å². The maximum atomic E-state index is 3.25. The van der Waals surface area contributed by atoms with Crippen LogP contribution in [-0.2, 0) is 19.5 Å². The normalized spacial score (nSPS) is 15.8. The van der Waals surface area contributed by atoms with Crippen LogP contribution in [0, 0.1) is 13.3 Å². The summed E-state index contributed by atoms with van der Waals surface area (Å²) >= 11 is 0. The van der Waals surface area contributed by atoms with Crippen molar-refractivity contribution in [2.75, 3.05) is 0 Å². The van der Waals surface area contributed by atoms with Gasteiger partial charge in [-0.15, -0.1) is 0 Å². The molecule has 0 aromatic rings. The van der Waals surface area contributed by atoms with Crippen LogP contribution in [0.15, 0.2) is 0 Å². The molecule has 0 N–H and O–H groups in total. The molecule has 8 heavy (non-hydrogen) atoms. The first-order chi connectivity index (χ1) is 3.50. The van der Waals surface area contributed by atoms with Gasteiger partial charge < -0.3 is 13.3 Å². The summed E-state index contributed by atoms with van der Waals surface area (Å²) in [6.07, 6.45) is 8.00. The molecule has 50 valence electrons. The van der Waals surface area contributed by atoms with Gasteiger partial charge in [0, 0.05) is 0 Å². The standard InChI is InChI=1S/C5H9.C2H5.Ru/c1-2-4-5-3-1;1-2;/h1H,2-5H2;1H2,2H3;/q2*-1;+2. The molecule has 0 unspecified atom stereocenters. The molecule has 0 heterocycles. The zero-order chi connectivity index (χ0) is 5.54. The zero-order valence-corrected chi connectivity index (χ0v) is 7.20. The molecule has 0 amide bonds. The molecule has 0 bridgehead atoms. The minimum Gasteiger partial charge on any atom is -0.346 e. The molecule has 0 saturated heterocycles. The maximum Gasteiger partial charge on any atom is 2.00 e. The average molecular weight is 199 g/mol. The third kappa shape index (κ3) is 6.62. The Bertz CT molecular complexity index is 16.0. The predicted molar refractivity (Wildman–Crippen MR) is 33.8 cm³/mol. The van der Waals surface area contributed by atoms with Gasteiger partial charge in [0.1, 0.15) is 0 Å². The van der Waals surface area contributed by atoms with E-state index in [-0.39, 0.29) is 19.5 Å². The van der Waals surface area contributed by atoms with Gasteiger partial charge >= 0.3 is 19.5 Å². The predicted octanol–water partition coefficient (Wildman–Crippen LogP) is 2.60. The van der Waals surface area contributed by atoms with Crippen molar-refractivity contribution in [1.82, 2.24) is 0 Å². The zero-order valence-electron chi connectivity index (χ0n) is 5.47. The minimum atomic E-state index is 0. The fraction of sp³-hybridized carbons (Fsp3) is 0.714. The van der Waals surface area contributed by atoms with Crippen molar-refractivity contribution in [3.63, 3.8) is 0 Å². The third-order valence-corrected chi connectivity index (χ3v) is 1.07. The smallest absolute Gasteiger partial charge is 0.346 e. The Labute approximate surface area is 65.8 Å². The van der Waals surface area contributed by atoms with E-state index in [1.807, 2.05) is 0 Å². The molecule has 0 aromatic carbocycles. The fourth-order valence-corrected chi connectivity index (χ4v) is 0.722. The molecule has 1 saturated carbocycles. The first-order valence-electron chi connectivity index (χ1n) is 3.02. The van der Waals surface area contributed by atoms with Crippen molar-refractivity contribution in [3.05, 3.63) is 13.3 Å². The van der Waals surface area contributed by atoms with Crippen LogP contribution in [-0.4, -0.2) is 0 Å². The molecule has 0 nitrogen and oxygen atoms in total. The molecule has 1 aliphatic rings. The van der Waals surface area contributed by atoms with Crippen molar-refractivity contribution in [1.29, 1.82) is 0 Å². The van der Waals surface area contributed by atoms with Gasteiger partial charge in [-0.1, -0.05) is 12.8 Å². The Kier molecular flexibility index (Phi) is 15.1. The van der Waals surface area contributed by atoms with Gasteiger partial charge in [-0.05, 0) is 0 Å². The number of hydrogen-bond acceptors (Lipinski definition) is 0. The molecule has 1 rings (SSSR count). The second-order valence-corrected chi connectivity index (χ2v) is 1.57. The van der Waals surface area contributed by atoms with Crippen LogP contribution < -0.4 is 0 Å². The van der Waals surface area contributed by atoms with Crippen molar-refractivity contribution >= 4 is 0 Å². The van der Waals surface area contributed by atoms with Crippen molar-refractivity contribution < 1.29 is 19.5 Å². The summed E-state index contributed by atoms with van der Waals surface area (Å²) in [7, 11) is 0. The summed E-state index contributed by atoms with van der Waals surface area (Å²) in [6.45, 7) is 5.00. The summed E-state index contributed by atoms with van der Waals surface area (Å²) in [5.41, 5.74) is 0. The van der Waals surface area contributed by atoms with E-state index < -0.39 is 0 Å². The minimum absolute atomic E-state index is 0. The maximum absolute atomic E-state index is 3.25. The van der Waals surface area contributed by atoms with Gasteiger partial charge in [0.2, 0.25) is 0 Å². The van der Waals surface area contributed by atoms with Crippen molar-refractivity contribution in [3.8, 4) is 0 Å². The van der Waals surface area contributed by atoms with E-state index in [0.717, 1.165) is 0 Å². The molecule has 1 fully saturated rings. The van der Waals surface area contributed by atoms with Crippen LogP contribution in [0.5, 0.6) is 0 Å². The van der Waals surface area contributed by atoms with E-state index >= 15 is 0 Å². The summed E-state index contributed by atoms with van der Waals surface area (Å²) in [6, 6.07) is 0. The molecule has 0 atom stereocenters. The van der Waals surface area contributed by atoms with Gasteiger partial charge in [-0.3, -0.25) is 0 Å². The van der Waals surface area contributed by atoms with Gasteiger partial charge in [0.05, 0.1) is 0 Å². The van der Waals surface area contributed by atoms with Gasteiger partial charge in [0.15, 0.2) is 0 Å². The molecule has 0 radical (unpaired) electrons. The largest absolute Gasteiger partial charge is 2.00 e. The monoisotopic (exact) mass is 200 g/mol. The fourth-order valence-electron chi connectivity index (χ4n) is 0.722. The average Bonchev–Trinajstić information content (AvgIpc) is 2.23. The van der Waals surface area contributed by atoms with Gasteiger partial charge in [0.25, 0.3) is 0 Å². The van der Waals surface area contributed by atoms with Crippen LogP contribution in [0.4, 0.5) is 0 Å². The molecule has 0 aliphatic heterocycles. The summed E-state index contributed by atoms with van der Waals surface area (Å²) < 4.78 is 0. The quantitative estimate of drug-likeness (QED) is 0.415. The molecule has 1 heteroatoms. The third-order valence-electron chi connectivity index (χ3n) is 1.07. The number of hydrogen-bond donors (Lipinski definition) is 0. The van der Waals surface area contributed by atoms with Crippen molar-refractivity contribution in [2.45, 2.75) is 32.6 Å². The van der Waals surface area contributed by atoms with E-state index in [1.165, 1.54) is 25.7 Å². The van der Waals surface area contributed by atoms with Crippen LogP contribution in [0.25, 0.3) is 0 Å². The Morgan fingerprint density at radius 2 is 1.50 bits per heavy atom. The number of rotatable bonds is 0. The van der Waals surface area contributed by atoms with Crippen LogP contribution in [0.2, 0.25) is 0 Å². The summed E-state index contributed by atoms with van der Waals surface area (Å²) in [5, 5.41) is 0. The Balaban J connectivity index is 0. The first-order valence-corrected chi connectivity index (χ1v) is 3.02. The van der Waals surface area contributed by atoms with E-state index in [4.69, 9.17) is 0 Å². The van der Waals surface area contributed by atoms with Crippen LogP contribution >= 0.6 is 0 Å². The first kappa shape index (κ1) is 11.4. The van der Waals surface area contributed by atoms with Crippen LogP contribution in [0.3, 0.4) is 0 Å². The molecular formula is C7H14Ru. The Morgan fingerprint density at radius 1 is 1.12 bits per heavy atom. The second kappa shape index (κ2) is 10.6. The van der Waals surface area contributed by atoms with E-state index in [0.29, 0.717) is 0 Å². The molecular weight excluding hydrogens is 185 g/mol. The van der Waals surface area contributed by atoms with E-state index in [2.05, 4.69) is 13.3 Å². The molecule has 0 spiro atoms. The van der Waals surface area contributed by atoms with E-state index in [9.17, 15) is 0 Å². The molecule has 1 aliphatic carbocycles. The SMILES string of the molecule is [CH-]1CCCC1.[CH2-]C.[Ru+2]. The van der Waals surface area contributed by atoms with E-state index in [1.54, 1.807) is 6.92 Å². The molecule has 0 aromatic heterocycles. The van der Waals surface area contributed by atoms with Gasteiger partial charge in [-0.2, -0.15) is 19.8 Å².